The molecule has 1 aromatic carbocycles. The van der Waals surface area contributed by atoms with Crippen molar-refractivity contribution in [2.45, 2.75) is 13.0 Å². The first-order valence-electron chi connectivity index (χ1n) is 4.36. The zero-order valence-corrected chi connectivity index (χ0v) is 7.86. The molecular weight excluding hydrogens is 162 g/mol. The van der Waals surface area contributed by atoms with Crippen molar-refractivity contribution in [3.8, 4) is 0 Å². The molecule has 0 bridgehead atoms. The Balaban J connectivity index is 2.61. The van der Waals surface area contributed by atoms with Crippen LogP contribution in [0, 0.1) is 0 Å². The molecule has 3 nitrogen and oxygen atoms in total. The van der Waals surface area contributed by atoms with E-state index in [0.29, 0.717) is 0 Å². The fraction of sp³-hybridized carbons (Fsp3) is 0.300. The monoisotopic (exact) mass is 175 g/mol. The summed E-state index contributed by atoms with van der Waals surface area (Å²) in [6.07, 6.45) is 2.00. The van der Waals surface area contributed by atoms with Gasteiger partial charge in [-0.05, 0) is 24.6 Å². The summed E-state index contributed by atoms with van der Waals surface area (Å²) in [5.74, 6) is 0. The third-order valence-corrected chi connectivity index (χ3v) is 2.17. The van der Waals surface area contributed by atoms with Gasteiger partial charge in [0, 0.05) is 24.7 Å². The smallest absolute Gasteiger partial charge is 0.0923 e. The summed E-state index contributed by atoms with van der Waals surface area (Å²) >= 11 is 0. The van der Waals surface area contributed by atoms with Crippen LogP contribution in [0.4, 0.5) is 0 Å². The SMILES string of the molecule is C[C@H](N)c1ccc2nn(C)cc2c1. The first-order chi connectivity index (χ1) is 6.16. The van der Waals surface area contributed by atoms with E-state index in [4.69, 9.17) is 5.73 Å². The van der Waals surface area contributed by atoms with E-state index in [2.05, 4.69) is 11.2 Å². The number of aromatic nitrogens is 2. The molecule has 1 heterocycles. The van der Waals surface area contributed by atoms with Gasteiger partial charge in [-0.15, -0.1) is 0 Å². The fourth-order valence-electron chi connectivity index (χ4n) is 1.45. The highest BCUT2D eigenvalue weighted by molar-refractivity contribution is 5.78. The highest BCUT2D eigenvalue weighted by Gasteiger charge is 2.02. The van der Waals surface area contributed by atoms with Crippen molar-refractivity contribution in [3.05, 3.63) is 30.0 Å². The van der Waals surface area contributed by atoms with Crippen LogP contribution in [0.5, 0.6) is 0 Å². The average molecular weight is 175 g/mol. The Morgan fingerprint density at radius 3 is 2.92 bits per heavy atom. The van der Waals surface area contributed by atoms with Crippen molar-refractivity contribution in [2.75, 3.05) is 0 Å². The molecule has 2 aromatic rings. The van der Waals surface area contributed by atoms with E-state index in [1.165, 1.54) is 0 Å². The van der Waals surface area contributed by atoms with Gasteiger partial charge in [0.05, 0.1) is 5.52 Å². The molecule has 13 heavy (non-hydrogen) atoms. The second kappa shape index (κ2) is 2.85. The van der Waals surface area contributed by atoms with Gasteiger partial charge in [0.25, 0.3) is 0 Å². The number of hydrogen-bond acceptors (Lipinski definition) is 2. The van der Waals surface area contributed by atoms with E-state index >= 15 is 0 Å². The first kappa shape index (κ1) is 8.26. The summed E-state index contributed by atoms with van der Waals surface area (Å²) in [6.45, 7) is 1.98. The van der Waals surface area contributed by atoms with Crippen molar-refractivity contribution < 1.29 is 0 Å². The topological polar surface area (TPSA) is 43.8 Å². The molecule has 2 rings (SSSR count). The number of aryl methyl sites for hydroxylation is 1. The molecule has 0 unspecified atom stereocenters. The van der Waals surface area contributed by atoms with E-state index in [9.17, 15) is 0 Å². The van der Waals surface area contributed by atoms with Gasteiger partial charge in [-0.1, -0.05) is 6.07 Å². The minimum atomic E-state index is 0.0876. The van der Waals surface area contributed by atoms with Crippen LogP contribution in [-0.2, 0) is 7.05 Å². The van der Waals surface area contributed by atoms with Gasteiger partial charge in [-0.3, -0.25) is 4.68 Å². The van der Waals surface area contributed by atoms with Crippen molar-refractivity contribution in [1.82, 2.24) is 9.78 Å². The number of fused-ring (bicyclic) bond motifs is 1. The molecule has 0 spiro atoms. The number of hydrogen-bond donors (Lipinski definition) is 1. The molecule has 1 aromatic heterocycles. The molecule has 68 valence electrons. The minimum absolute atomic E-state index is 0.0876. The van der Waals surface area contributed by atoms with Gasteiger partial charge in [0.2, 0.25) is 0 Å². The zero-order valence-electron chi connectivity index (χ0n) is 7.86. The Hall–Kier alpha value is -1.35. The molecule has 0 fully saturated rings. The molecule has 0 radical (unpaired) electrons. The summed E-state index contributed by atoms with van der Waals surface area (Å²) < 4.78 is 1.82. The molecule has 1 atom stereocenters. The maximum Gasteiger partial charge on any atom is 0.0923 e. The van der Waals surface area contributed by atoms with Crippen LogP contribution in [0.1, 0.15) is 18.5 Å². The lowest BCUT2D eigenvalue weighted by Gasteiger charge is -2.03. The van der Waals surface area contributed by atoms with Gasteiger partial charge < -0.3 is 5.73 Å². The molecule has 3 heteroatoms. The molecule has 0 saturated carbocycles. The van der Waals surface area contributed by atoms with E-state index in [1.807, 2.05) is 37.0 Å². The highest BCUT2D eigenvalue weighted by atomic mass is 15.2. The summed E-state index contributed by atoms with van der Waals surface area (Å²) in [7, 11) is 1.92. The molecule has 0 amide bonds. The lowest BCUT2D eigenvalue weighted by molar-refractivity contribution is 0.780. The van der Waals surface area contributed by atoms with Crippen LogP contribution in [0.3, 0.4) is 0 Å². The minimum Gasteiger partial charge on any atom is -0.324 e. The fourth-order valence-corrected chi connectivity index (χ4v) is 1.45. The van der Waals surface area contributed by atoms with E-state index in [1.54, 1.807) is 0 Å². The molecule has 0 aliphatic carbocycles. The normalized spacial score (nSPS) is 13.5. The van der Waals surface area contributed by atoms with Crippen molar-refractivity contribution >= 4 is 10.9 Å². The lowest BCUT2D eigenvalue weighted by Crippen LogP contribution is -2.04. The summed E-state index contributed by atoms with van der Waals surface area (Å²) in [5.41, 5.74) is 7.96. The van der Waals surface area contributed by atoms with Crippen LogP contribution < -0.4 is 5.73 Å². The van der Waals surface area contributed by atoms with Gasteiger partial charge >= 0.3 is 0 Å². The summed E-state index contributed by atoms with van der Waals surface area (Å²) in [5, 5.41) is 5.44. The Labute approximate surface area is 77.2 Å². The molecule has 0 aliphatic heterocycles. The highest BCUT2D eigenvalue weighted by Crippen LogP contribution is 2.17. The molecule has 0 saturated heterocycles. The Morgan fingerprint density at radius 1 is 1.46 bits per heavy atom. The number of rotatable bonds is 1. The van der Waals surface area contributed by atoms with Crippen LogP contribution in [0.2, 0.25) is 0 Å². The third-order valence-electron chi connectivity index (χ3n) is 2.17. The second-order valence-corrected chi connectivity index (χ2v) is 3.41. The first-order valence-corrected chi connectivity index (χ1v) is 4.36. The maximum absolute atomic E-state index is 5.78. The van der Waals surface area contributed by atoms with Gasteiger partial charge in [-0.2, -0.15) is 5.10 Å². The van der Waals surface area contributed by atoms with Crippen molar-refractivity contribution in [1.29, 1.82) is 0 Å². The van der Waals surface area contributed by atoms with Crippen LogP contribution >= 0.6 is 0 Å². The van der Waals surface area contributed by atoms with Crippen LogP contribution in [-0.4, -0.2) is 9.78 Å². The predicted octanol–water partition coefficient (Wildman–Crippen LogP) is 1.59. The zero-order chi connectivity index (χ0) is 9.42. The number of benzene rings is 1. The standard InChI is InChI=1S/C10H13N3/c1-7(11)8-3-4-10-9(5-8)6-13(2)12-10/h3-7H,11H2,1-2H3/t7-/m0/s1. The lowest BCUT2D eigenvalue weighted by atomic mass is 10.1. The molecule has 0 aliphatic rings. The average Bonchev–Trinajstić information content (AvgIpc) is 2.42. The van der Waals surface area contributed by atoms with E-state index in [-0.39, 0.29) is 6.04 Å². The van der Waals surface area contributed by atoms with E-state index in [0.717, 1.165) is 16.5 Å². The van der Waals surface area contributed by atoms with Crippen LogP contribution in [0.25, 0.3) is 10.9 Å². The van der Waals surface area contributed by atoms with Crippen molar-refractivity contribution in [2.24, 2.45) is 12.8 Å². The molecular formula is C10H13N3. The second-order valence-electron chi connectivity index (χ2n) is 3.41. The van der Waals surface area contributed by atoms with E-state index < -0.39 is 0 Å². The van der Waals surface area contributed by atoms with Gasteiger partial charge in [0.15, 0.2) is 0 Å². The summed E-state index contributed by atoms with van der Waals surface area (Å²) in [4.78, 5) is 0. The van der Waals surface area contributed by atoms with Gasteiger partial charge in [-0.25, -0.2) is 0 Å². The Kier molecular flexibility index (Phi) is 1.81. The van der Waals surface area contributed by atoms with Crippen LogP contribution in [0.15, 0.2) is 24.4 Å². The summed E-state index contributed by atoms with van der Waals surface area (Å²) in [6, 6.07) is 6.21. The molecule has 2 N–H and O–H groups in total. The Bertz CT molecular complexity index is 429. The third kappa shape index (κ3) is 1.42. The Morgan fingerprint density at radius 2 is 2.23 bits per heavy atom. The van der Waals surface area contributed by atoms with Gasteiger partial charge in [0.1, 0.15) is 0 Å². The predicted molar refractivity (Wildman–Crippen MR) is 53.3 cm³/mol. The largest absolute Gasteiger partial charge is 0.324 e. The quantitative estimate of drug-likeness (QED) is 0.715. The maximum atomic E-state index is 5.78. The number of nitrogens with zero attached hydrogens (tertiary/aromatic N) is 2. The number of nitrogens with two attached hydrogens (primary N) is 1. The van der Waals surface area contributed by atoms with Crippen molar-refractivity contribution in [3.63, 3.8) is 0 Å².